The van der Waals surface area contributed by atoms with Crippen LogP contribution in [0.25, 0.3) is 0 Å². The van der Waals surface area contributed by atoms with Gasteiger partial charge >= 0.3 is 6.61 Å². The highest BCUT2D eigenvalue weighted by molar-refractivity contribution is 6.00. The molecule has 4 nitrogen and oxygen atoms in total. The lowest BCUT2D eigenvalue weighted by Gasteiger charge is -2.11. The molecule has 0 radical (unpaired) electrons. The summed E-state index contributed by atoms with van der Waals surface area (Å²) in [5.74, 6) is -0.300. The molecule has 0 atom stereocenters. The molecule has 1 saturated carbocycles. The Morgan fingerprint density at radius 2 is 2.11 bits per heavy atom. The molecule has 1 fully saturated rings. The topological polar surface area (TPSA) is 64.4 Å². The van der Waals surface area contributed by atoms with Gasteiger partial charge in [-0.05, 0) is 25.0 Å². The third kappa shape index (κ3) is 3.54. The van der Waals surface area contributed by atoms with E-state index in [9.17, 15) is 13.6 Å². The molecule has 0 aliphatic heterocycles. The lowest BCUT2D eigenvalue weighted by Crippen LogP contribution is -2.37. The third-order valence-electron chi connectivity index (χ3n) is 2.56. The molecule has 1 amide bonds. The number of carbonyl (C=O) groups is 1. The lowest BCUT2D eigenvalue weighted by molar-refractivity contribution is -0.118. The van der Waals surface area contributed by atoms with E-state index in [0.717, 1.165) is 0 Å². The van der Waals surface area contributed by atoms with E-state index in [2.05, 4.69) is 10.1 Å². The van der Waals surface area contributed by atoms with Crippen LogP contribution in [0.3, 0.4) is 0 Å². The number of hydrogen-bond acceptors (Lipinski definition) is 3. The fourth-order valence-electron chi connectivity index (χ4n) is 1.37. The Morgan fingerprint density at radius 3 is 2.67 bits per heavy atom. The fourth-order valence-corrected chi connectivity index (χ4v) is 1.37. The molecule has 1 aliphatic carbocycles. The molecular weight excluding hydrogens is 266 g/mol. The highest BCUT2D eigenvalue weighted by Crippen LogP contribution is 2.33. The molecule has 0 saturated heterocycles. The molecule has 18 heavy (non-hydrogen) atoms. The number of benzene rings is 1. The fraction of sp³-hybridized carbons (Fsp3) is 0.364. The molecule has 0 unspecified atom stereocenters. The number of nitrogens with two attached hydrogens (primary N) is 1. The highest BCUT2D eigenvalue weighted by Gasteiger charge is 2.45. The minimum Gasteiger partial charge on any atom is -0.435 e. The van der Waals surface area contributed by atoms with Crippen molar-refractivity contribution in [1.82, 2.24) is 0 Å². The van der Waals surface area contributed by atoms with Gasteiger partial charge in [0.2, 0.25) is 5.91 Å². The summed E-state index contributed by atoms with van der Waals surface area (Å²) in [6, 6.07) is 5.82. The van der Waals surface area contributed by atoms with Crippen LogP contribution in [0.2, 0.25) is 0 Å². The standard InChI is InChI=1S/C11H12F2N2O2.ClH/c12-10(13)17-8-3-1-2-7(6-8)15-9(16)11(14)4-5-11;/h1-3,6,10H,4-5,14H2,(H,15,16);1H. The first-order chi connectivity index (χ1) is 7.99. The quantitative estimate of drug-likeness (QED) is 0.887. The molecule has 0 spiro atoms. The van der Waals surface area contributed by atoms with Crippen molar-refractivity contribution in [1.29, 1.82) is 0 Å². The van der Waals surface area contributed by atoms with Crippen LogP contribution in [-0.2, 0) is 4.79 Å². The Morgan fingerprint density at radius 1 is 1.44 bits per heavy atom. The summed E-state index contributed by atoms with van der Waals surface area (Å²) >= 11 is 0. The number of rotatable bonds is 4. The van der Waals surface area contributed by atoms with Gasteiger partial charge < -0.3 is 15.8 Å². The van der Waals surface area contributed by atoms with Crippen molar-refractivity contribution in [3.8, 4) is 5.75 Å². The zero-order valence-corrected chi connectivity index (χ0v) is 10.2. The van der Waals surface area contributed by atoms with Crippen LogP contribution in [0.1, 0.15) is 12.8 Å². The summed E-state index contributed by atoms with van der Waals surface area (Å²) in [7, 11) is 0. The first-order valence-corrected chi connectivity index (χ1v) is 5.15. The first kappa shape index (κ1) is 14.7. The number of carbonyl (C=O) groups excluding carboxylic acids is 1. The number of amides is 1. The number of hydrogen-bond donors (Lipinski definition) is 2. The summed E-state index contributed by atoms with van der Waals surface area (Å²) in [6.07, 6.45) is 1.29. The normalized spacial score (nSPS) is 15.8. The van der Waals surface area contributed by atoms with Crippen LogP contribution >= 0.6 is 12.4 Å². The van der Waals surface area contributed by atoms with Gasteiger partial charge in [-0.25, -0.2) is 0 Å². The monoisotopic (exact) mass is 278 g/mol. The Kier molecular flexibility index (Phi) is 4.48. The van der Waals surface area contributed by atoms with E-state index in [1.54, 1.807) is 6.07 Å². The second kappa shape index (κ2) is 5.49. The van der Waals surface area contributed by atoms with Crippen LogP contribution in [0, 0.1) is 0 Å². The molecule has 2 rings (SSSR count). The van der Waals surface area contributed by atoms with Crippen molar-refractivity contribution in [3.63, 3.8) is 0 Å². The van der Waals surface area contributed by atoms with Crippen LogP contribution in [0.15, 0.2) is 24.3 Å². The van der Waals surface area contributed by atoms with Crippen LogP contribution in [0.4, 0.5) is 14.5 Å². The molecule has 3 N–H and O–H groups in total. The first-order valence-electron chi connectivity index (χ1n) is 5.15. The minimum atomic E-state index is -2.88. The van der Waals surface area contributed by atoms with E-state index < -0.39 is 12.2 Å². The van der Waals surface area contributed by atoms with E-state index in [0.29, 0.717) is 18.5 Å². The second-order valence-corrected chi connectivity index (χ2v) is 4.02. The number of nitrogens with one attached hydrogen (secondary N) is 1. The Hall–Kier alpha value is -1.40. The maximum atomic E-state index is 12.0. The van der Waals surface area contributed by atoms with E-state index >= 15 is 0 Å². The van der Waals surface area contributed by atoms with Gasteiger partial charge in [0.05, 0.1) is 5.54 Å². The van der Waals surface area contributed by atoms with Crippen LogP contribution in [0.5, 0.6) is 5.75 Å². The van der Waals surface area contributed by atoms with E-state index in [1.165, 1.54) is 18.2 Å². The van der Waals surface area contributed by atoms with Crippen molar-refractivity contribution in [2.75, 3.05) is 5.32 Å². The molecule has 0 heterocycles. The molecule has 0 bridgehead atoms. The maximum absolute atomic E-state index is 12.0. The zero-order chi connectivity index (χ0) is 12.5. The smallest absolute Gasteiger partial charge is 0.387 e. The van der Waals surface area contributed by atoms with Crippen LogP contribution in [-0.4, -0.2) is 18.1 Å². The SMILES string of the molecule is Cl.NC1(C(=O)Nc2cccc(OC(F)F)c2)CC1. The zero-order valence-electron chi connectivity index (χ0n) is 9.36. The van der Waals surface area contributed by atoms with Crippen molar-refractivity contribution in [2.24, 2.45) is 5.73 Å². The van der Waals surface area contributed by atoms with Crippen LogP contribution < -0.4 is 15.8 Å². The van der Waals surface area contributed by atoms with E-state index in [-0.39, 0.29) is 24.1 Å². The van der Waals surface area contributed by atoms with Crippen molar-refractivity contribution >= 4 is 24.0 Å². The van der Waals surface area contributed by atoms with E-state index in [1.807, 2.05) is 0 Å². The second-order valence-electron chi connectivity index (χ2n) is 4.02. The number of halogens is 3. The Bertz CT molecular complexity index is 439. The van der Waals surface area contributed by atoms with Gasteiger partial charge in [0.1, 0.15) is 5.75 Å². The van der Waals surface area contributed by atoms with Gasteiger partial charge in [-0.1, -0.05) is 6.07 Å². The molecular formula is C11H13ClF2N2O2. The Labute approximate surface area is 109 Å². The Balaban J connectivity index is 0.00000162. The van der Waals surface area contributed by atoms with Gasteiger partial charge in [0, 0.05) is 11.8 Å². The average molecular weight is 279 g/mol. The molecule has 100 valence electrons. The number of anilines is 1. The summed E-state index contributed by atoms with van der Waals surface area (Å²) in [4.78, 5) is 11.6. The van der Waals surface area contributed by atoms with Gasteiger partial charge in [-0.15, -0.1) is 12.4 Å². The number of alkyl halides is 2. The minimum absolute atomic E-state index is 0. The molecule has 1 aromatic rings. The van der Waals surface area contributed by atoms with Crippen molar-refractivity contribution < 1.29 is 18.3 Å². The molecule has 1 aliphatic rings. The predicted octanol–water partition coefficient (Wildman–Crippen LogP) is 2.14. The summed E-state index contributed by atoms with van der Waals surface area (Å²) < 4.78 is 28.2. The maximum Gasteiger partial charge on any atom is 0.387 e. The third-order valence-corrected chi connectivity index (χ3v) is 2.56. The summed E-state index contributed by atoms with van der Waals surface area (Å²) in [5, 5.41) is 2.57. The number of ether oxygens (including phenoxy) is 1. The van der Waals surface area contributed by atoms with Crippen molar-refractivity contribution in [3.05, 3.63) is 24.3 Å². The van der Waals surface area contributed by atoms with E-state index in [4.69, 9.17) is 5.73 Å². The summed E-state index contributed by atoms with van der Waals surface area (Å²) in [6.45, 7) is -2.88. The van der Waals surface area contributed by atoms with Gasteiger partial charge in [-0.3, -0.25) is 4.79 Å². The van der Waals surface area contributed by atoms with Gasteiger partial charge in [-0.2, -0.15) is 8.78 Å². The average Bonchev–Trinajstić information content (AvgIpc) is 2.97. The summed E-state index contributed by atoms with van der Waals surface area (Å²) in [5.41, 5.74) is 5.29. The molecule has 0 aromatic heterocycles. The van der Waals surface area contributed by atoms with Crippen molar-refractivity contribution in [2.45, 2.75) is 25.0 Å². The van der Waals surface area contributed by atoms with Gasteiger partial charge in [0.25, 0.3) is 0 Å². The predicted molar refractivity (Wildman–Crippen MR) is 65.1 cm³/mol. The lowest BCUT2D eigenvalue weighted by atomic mass is 10.2. The molecule has 1 aromatic carbocycles. The molecule has 7 heteroatoms. The highest BCUT2D eigenvalue weighted by atomic mass is 35.5. The van der Waals surface area contributed by atoms with Gasteiger partial charge in [0.15, 0.2) is 0 Å². The largest absolute Gasteiger partial charge is 0.435 e.